The fraction of sp³-hybridized carbons (Fsp3) is 0.211. The number of nitrogens with one attached hydrogen (secondary N) is 1. The minimum atomic E-state index is -0.0897. The van der Waals surface area contributed by atoms with Crippen molar-refractivity contribution in [3.8, 4) is 5.75 Å². The summed E-state index contributed by atoms with van der Waals surface area (Å²) in [5, 5.41) is 2.92. The molecule has 1 N–H and O–H groups in total. The summed E-state index contributed by atoms with van der Waals surface area (Å²) in [5.41, 5.74) is 4.41. The molecule has 0 unspecified atom stereocenters. The summed E-state index contributed by atoms with van der Waals surface area (Å²) >= 11 is 7.06. The van der Waals surface area contributed by atoms with Gasteiger partial charge in [-0.2, -0.15) is 0 Å². The molecule has 0 saturated heterocycles. The molecular formula is C19H17Br2NO2. The molecule has 0 radical (unpaired) electrons. The van der Waals surface area contributed by atoms with E-state index in [0.717, 1.165) is 43.5 Å². The molecule has 0 aromatic heterocycles. The Bertz CT molecular complexity index is 844. The van der Waals surface area contributed by atoms with Gasteiger partial charge in [0.2, 0.25) is 0 Å². The molecule has 0 aliphatic carbocycles. The second kappa shape index (κ2) is 7.11. The molecule has 0 saturated carbocycles. The van der Waals surface area contributed by atoms with Gasteiger partial charge in [-0.3, -0.25) is 4.79 Å². The van der Waals surface area contributed by atoms with Crippen molar-refractivity contribution in [3.05, 3.63) is 56.0 Å². The summed E-state index contributed by atoms with van der Waals surface area (Å²) in [4.78, 5) is 12.4. The van der Waals surface area contributed by atoms with Crippen molar-refractivity contribution in [1.29, 1.82) is 0 Å². The van der Waals surface area contributed by atoms with E-state index in [1.54, 1.807) is 0 Å². The maximum absolute atomic E-state index is 12.4. The normalized spacial score (nSPS) is 14.7. The maximum atomic E-state index is 12.4. The third kappa shape index (κ3) is 3.42. The molecule has 24 heavy (non-hydrogen) atoms. The first-order chi connectivity index (χ1) is 11.5. The third-order valence-electron chi connectivity index (χ3n) is 3.75. The van der Waals surface area contributed by atoms with Crippen LogP contribution in [0.15, 0.2) is 39.3 Å². The molecule has 1 heterocycles. The van der Waals surface area contributed by atoms with Crippen LogP contribution in [0.25, 0.3) is 11.6 Å². The van der Waals surface area contributed by atoms with E-state index in [2.05, 4.69) is 44.1 Å². The van der Waals surface area contributed by atoms with Gasteiger partial charge in [0.15, 0.2) is 0 Å². The van der Waals surface area contributed by atoms with Crippen LogP contribution < -0.4 is 10.1 Å². The van der Waals surface area contributed by atoms with Crippen molar-refractivity contribution >= 4 is 55.1 Å². The van der Waals surface area contributed by atoms with E-state index in [1.807, 2.05) is 43.3 Å². The van der Waals surface area contributed by atoms with Crippen LogP contribution in [-0.4, -0.2) is 12.5 Å². The molecule has 3 rings (SSSR count). The lowest BCUT2D eigenvalue weighted by molar-refractivity contribution is -0.110. The Labute approximate surface area is 158 Å². The van der Waals surface area contributed by atoms with E-state index in [9.17, 15) is 4.79 Å². The summed E-state index contributed by atoms with van der Waals surface area (Å²) in [6.45, 7) is 4.71. The Morgan fingerprint density at radius 1 is 1.21 bits per heavy atom. The molecular weight excluding hydrogens is 434 g/mol. The van der Waals surface area contributed by atoms with Crippen LogP contribution in [0, 0.1) is 6.92 Å². The average molecular weight is 451 g/mol. The Hall–Kier alpha value is -1.59. The molecule has 3 nitrogen and oxygen atoms in total. The quantitative estimate of drug-likeness (QED) is 0.597. The van der Waals surface area contributed by atoms with Crippen molar-refractivity contribution < 1.29 is 9.53 Å². The first kappa shape index (κ1) is 17.2. The summed E-state index contributed by atoms with van der Waals surface area (Å²) < 4.78 is 7.67. The van der Waals surface area contributed by atoms with E-state index in [-0.39, 0.29) is 5.91 Å². The highest BCUT2D eigenvalue weighted by atomic mass is 79.9. The smallest absolute Gasteiger partial charge is 0.256 e. The molecule has 1 amide bonds. The number of benzene rings is 2. The Morgan fingerprint density at radius 3 is 2.75 bits per heavy atom. The molecule has 1 aliphatic rings. The van der Waals surface area contributed by atoms with Crippen LogP contribution in [-0.2, 0) is 4.79 Å². The molecule has 5 heteroatoms. The van der Waals surface area contributed by atoms with Crippen molar-refractivity contribution in [2.75, 3.05) is 11.9 Å². The second-order valence-corrected chi connectivity index (χ2v) is 7.49. The highest BCUT2D eigenvalue weighted by Gasteiger charge is 2.24. The van der Waals surface area contributed by atoms with Gasteiger partial charge in [0.1, 0.15) is 5.75 Å². The minimum absolute atomic E-state index is 0.0897. The third-order valence-corrected chi connectivity index (χ3v) is 4.79. The van der Waals surface area contributed by atoms with Crippen LogP contribution >= 0.6 is 31.9 Å². The zero-order valence-electron chi connectivity index (χ0n) is 13.5. The average Bonchev–Trinajstić information content (AvgIpc) is 2.82. The van der Waals surface area contributed by atoms with Crippen molar-refractivity contribution in [2.45, 2.75) is 20.3 Å². The van der Waals surface area contributed by atoms with E-state index >= 15 is 0 Å². The molecule has 0 bridgehead atoms. The summed E-state index contributed by atoms with van der Waals surface area (Å²) in [5.74, 6) is 0.662. The number of ether oxygens (including phenoxy) is 1. The van der Waals surface area contributed by atoms with Gasteiger partial charge in [0.25, 0.3) is 5.91 Å². The largest absolute Gasteiger partial charge is 0.492 e. The minimum Gasteiger partial charge on any atom is -0.492 e. The number of hydrogen-bond donors (Lipinski definition) is 1. The predicted molar refractivity (Wildman–Crippen MR) is 105 cm³/mol. The van der Waals surface area contributed by atoms with Crippen LogP contribution in [0.2, 0.25) is 0 Å². The number of fused-ring (bicyclic) bond motifs is 1. The Kier molecular flexibility index (Phi) is 5.11. The molecule has 124 valence electrons. The number of carbonyl (C=O) groups excluding carboxylic acids is 1. The fourth-order valence-electron chi connectivity index (χ4n) is 2.64. The Morgan fingerprint density at radius 2 is 2.00 bits per heavy atom. The molecule has 0 atom stereocenters. The first-order valence-corrected chi connectivity index (χ1v) is 9.34. The SMILES string of the molecule is CCCOc1c(Br)cc(Br)cc1/C=C1\C(=O)Nc2ccc(C)cc21. The van der Waals surface area contributed by atoms with Gasteiger partial charge in [-0.15, -0.1) is 0 Å². The summed E-state index contributed by atoms with van der Waals surface area (Å²) in [6.07, 6.45) is 2.81. The number of rotatable bonds is 4. The van der Waals surface area contributed by atoms with Gasteiger partial charge < -0.3 is 10.1 Å². The van der Waals surface area contributed by atoms with Gasteiger partial charge >= 0.3 is 0 Å². The van der Waals surface area contributed by atoms with Crippen LogP contribution in [0.4, 0.5) is 5.69 Å². The second-order valence-electron chi connectivity index (χ2n) is 5.72. The molecule has 2 aromatic rings. The Balaban J connectivity index is 2.12. The van der Waals surface area contributed by atoms with Crippen LogP contribution in [0.1, 0.15) is 30.0 Å². The first-order valence-electron chi connectivity index (χ1n) is 7.75. The fourth-order valence-corrected chi connectivity index (χ4v) is 4.02. The molecule has 0 spiro atoms. The number of carbonyl (C=O) groups is 1. The number of halogens is 2. The van der Waals surface area contributed by atoms with Gasteiger partial charge in [-0.25, -0.2) is 0 Å². The zero-order valence-corrected chi connectivity index (χ0v) is 16.6. The predicted octanol–water partition coefficient (Wildman–Crippen LogP) is 5.80. The monoisotopic (exact) mass is 449 g/mol. The number of hydrogen-bond acceptors (Lipinski definition) is 2. The summed E-state index contributed by atoms with van der Waals surface area (Å²) in [7, 11) is 0. The van der Waals surface area contributed by atoms with Crippen molar-refractivity contribution in [1.82, 2.24) is 0 Å². The lowest BCUT2D eigenvalue weighted by Gasteiger charge is -2.12. The van der Waals surface area contributed by atoms with E-state index in [4.69, 9.17) is 4.74 Å². The zero-order chi connectivity index (χ0) is 17.3. The molecule has 0 fully saturated rings. The van der Waals surface area contributed by atoms with E-state index in [1.165, 1.54) is 0 Å². The molecule has 2 aromatic carbocycles. The topological polar surface area (TPSA) is 38.3 Å². The van der Waals surface area contributed by atoms with Gasteiger partial charge in [-0.1, -0.05) is 34.5 Å². The standard InChI is InChI=1S/C19H17Br2NO2/c1-3-6-24-18-12(8-13(20)10-16(18)21)9-15-14-7-11(2)4-5-17(14)22-19(15)23/h4-5,7-10H,3,6H2,1-2H3,(H,22,23)/b15-9-. The van der Waals surface area contributed by atoms with Gasteiger partial charge in [0.05, 0.1) is 11.1 Å². The lowest BCUT2D eigenvalue weighted by atomic mass is 10.0. The highest BCUT2D eigenvalue weighted by Crippen LogP contribution is 2.38. The van der Waals surface area contributed by atoms with Gasteiger partial charge in [-0.05, 0) is 59.6 Å². The molecule has 1 aliphatic heterocycles. The van der Waals surface area contributed by atoms with Gasteiger partial charge in [0, 0.05) is 26.9 Å². The van der Waals surface area contributed by atoms with Crippen molar-refractivity contribution in [2.24, 2.45) is 0 Å². The number of amides is 1. The number of aryl methyl sites for hydroxylation is 1. The van der Waals surface area contributed by atoms with Crippen LogP contribution in [0.5, 0.6) is 5.75 Å². The number of anilines is 1. The van der Waals surface area contributed by atoms with Crippen molar-refractivity contribution in [3.63, 3.8) is 0 Å². The maximum Gasteiger partial charge on any atom is 0.256 e. The van der Waals surface area contributed by atoms with E-state index in [0.29, 0.717) is 12.2 Å². The lowest BCUT2D eigenvalue weighted by Crippen LogP contribution is -2.04. The summed E-state index contributed by atoms with van der Waals surface area (Å²) in [6, 6.07) is 9.87. The van der Waals surface area contributed by atoms with Crippen LogP contribution in [0.3, 0.4) is 0 Å². The van der Waals surface area contributed by atoms with E-state index < -0.39 is 0 Å². The highest BCUT2D eigenvalue weighted by molar-refractivity contribution is 9.11.